The van der Waals surface area contributed by atoms with E-state index in [4.69, 9.17) is 4.74 Å². The van der Waals surface area contributed by atoms with Gasteiger partial charge >= 0.3 is 0 Å². The molecule has 1 saturated heterocycles. The van der Waals surface area contributed by atoms with Gasteiger partial charge in [0.15, 0.2) is 6.10 Å². The summed E-state index contributed by atoms with van der Waals surface area (Å²) in [4.78, 5) is 15.1. The van der Waals surface area contributed by atoms with Crippen LogP contribution in [0.2, 0.25) is 0 Å². The average molecular weight is 407 g/mol. The highest BCUT2D eigenvalue weighted by molar-refractivity contribution is 5.81. The number of hydrogen-bond acceptors (Lipinski definition) is 3. The fourth-order valence-corrected chi connectivity index (χ4v) is 4.58. The van der Waals surface area contributed by atoms with E-state index >= 15 is 0 Å². The number of anilines is 1. The number of nitrogens with zero attached hydrogens (tertiary/aromatic N) is 1. The van der Waals surface area contributed by atoms with Crippen molar-refractivity contribution in [2.45, 2.75) is 70.9 Å². The van der Waals surface area contributed by atoms with Crippen LogP contribution >= 0.6 is 0 Å². The molecule has 1 aliphatic carbocycles. The first-order chi connectivity index (χ1) is 14.6. The van der Waals surface area contributed by atoms with E-state index in [1.807, 2.05) is 19.9 Å². The number of nitrogens with one attached hydrogen (secondary N) is 1. The maximum absolute atomic E-state index is 12.7. The fraction of sp³-hybridized carbons (Fsp3) is 0.500. The van der Waals surface area contributed by atoms with Crippen LogP contribution in [0.5, 0.6) is 5.75 Å². The summed E-state index contributed by atoms with van der Waals surface area (Å²) in [5, 5.41) is 3.10. The average Bonchev–Trinajstić information content (AvgIpc) is 2.79. The van der Waals surface area contributed by atoms with Gasteiger partial charge in [-0.1, -0.05) is 18.2 Å². The van der Waals surface area contributed by atoms with Crippen molar-refractivity contribution >= 4 is 11.6 Å². The van der Waals surface area contributed by atoms with Crippen molar-refractivity contribution in [2.75, 3.05) is 18.0 Å². The summed E-state index contributed by atoms with van der Waals surface area (Å²) in [5.74, 6) is 0.706. The molecular weight excluding hydrogens is 372 g/mol. The van der Waals surface area contributed by atoms with Gasteiger partial charge in [-0.25, -0.2) is 0 Å². The summed E-state index contributed by atoms with van der Waals surface area (Å²) < 4.78 is 5.96. The lowest BCUT2D eigenvalue weighted by Gasteiger charge is -2.29. The Labute approximate surface area is 180 Å². The standard InChI is InChI=1S/C26H34N2O2/c1-19(21-10-13-24(14-11-21)28-16-6-3-7-17-28)27-26(29)20(2)30-25-15-12-22-8-4-5-9-23(22)18-25/h10-15,18-20H,3-9,16-17H2,1-2H3,(H,27,29)/t19-,20-/m0/s1. The van der Waals surface area contributed by atoms with Crippen molar-refractivity contribution in [1.29, 1.82) is 0 Å². The van der Waals surface area contributed by atoms with Gasteiger partial charge in [-0.2, -0.15) is 0 Å². The number of rotatable bonds is 6. The first kappa shape index (κ1) is 20.8. The largest absolute Gasteiger partial charge is 0.481 e. The third-order valence-electron chi connectivity index (χ3n) is 6.48. The van der Waals surface area contributed by atoms with Gasteiger partial charge in [-0.05, 0) is 99.7 Å². The monoisotopic (exact) mass is 406 g/mol. The van der Waals surface area contributed by atoms with E-state index in [1.165, 1.54) is 48.9 Å². The Morgan fingerprint density at radius 2 is 1.60 bits per heavy atom. The lowest BCUT2D eigenvalue weighted by atomic mass is 9.92. The summed E-state index contributed by atoms with van der Waals surface area (Å²) in [6.07, 6.45) is 8.12. The van der Waals surface area contributed by atoms with Gasteiger partial charge in [0.2, 0.25) is 0 Å². The smallest absolute Gasteiger partial charge is 0.261 e. The molecule has 1 fully saturated rings. The van der Waals surface area contributed by atoms with E-state index in [-0.39, 0.29) is 11.9 Å². The van der Waals surface area contributed by atoms with Crippen molar-refractivity contribution in [3.05, 3.63) is 59.2 Å². The van der Waals surface area contributed by atoms with Crippen LogP contribution in [0.4, 0.5) is 5.69 Å². The summed E-state index contributed by atoms with van der Waals surface area (Å²) in [6, 6.07) is 14.8. The van der Waals surface area contributed by atoms with Crippen LogP contribution in [-0.2, 0) is 17.6 Å². The van der Waals surface area contributed by atoms with E-state index in [9.17, 15) is 4.79 Å². The Balaban J connectivity index is 1.32. The normalized spacial score (nSPS) is 18.3. The quantitative estimate of drug-likeness (QED) is 0.717. The molecule has 1 amide bonds. The Kier molecular flexibility index (Phi) is 6.61. The second kappa shape index (κ2) is 9.55. The molecule has 160 valence electrons. The first-order valence-corrected chi connectivity index (χ1v) is 11.5. The second-order valence-corrected chi connectivity index (χ2v) is 8.77. The van der Waals surface area contributed by atoms with E-state index in [0.717, 1.165) is 37.2 Å². The predicted octanol–water partition coefficient (Wildman–Crippen LogP) is 5.20. The van der Waals surface area contributed by atoms with Crippen molar-refractivity contribution in [1.82, 2.24) is 5.32 Å². The van der Waals surface area contributed by atoms with Crippen molar-refractivity contribution in [3.63, 3.8) is 0 Å². The molecule has 0 aromatic heterocycles. The predicted molar refractivity (Wildman–Crippen MR) is 122 cm³/mol. The van der Waals surface area contributed by atoms with Crippen molar-refractivity contribution < 1.29 is 9.53 Å². The minimum absolute atomic E-state index is 0.0533. The molecule has 1 heterocycles. The molecule has 4 heteroatoms. The fourth-order valence-electron chi connectivity index (χ4n) is 4.58. The molecule has 2 aromatic rings. The topological polar surface area (TPSA) is 41.6 Å². The number of amides is 1. The van der Waals surface area contributed by atoms with Gasteiger partial charge in [0.05, 0.1) is 6.04 Å². The molecule has 4 nitrogen and oxygen atoms in total. The van der Waals surface area contributed by atoms with Gasteiger partial charge < -0.3 is 15.0 Å². The Morgan fingerprint density at radius 1 is 0.900 bits per heavy atom. The molecule has 0 saturated carbocycles. The lowest BCUT2D eigenvalue weighted by Crippen LogP contribution is -2.37. The molecule has 1 aliphatic heterocycles. The van der Waals surface area contributed by atoms with Crippen LogP contribution in [0.1, 0.15) is 68.7 Å². The molecule has 2 atom stereocenters. The Morgan fingerprint density at radius 3 is 2.33 bits per heavy atom. The Bertz CT molecular complexity index is 856. The Hall–Kier alpha value is -2.49. The SMILES string of the molecule is C[C@H](Oc1ccc2c(c1)CCCC2)C(=O)N[C@@H](C)c1ccc(N2CCCCC2)cc1. The zero-order chi connectivity index (χ0) is 20.9. The molecule has 1 N–H and O–H groups in total. The van der Waals surface area contributed by atoms with Crippen LogP contribution in [0.25, 0.3) is 0 Å². The van der Waals surface area contributed by atoms with Crippen LogP contribution in [0.15, 0.2) is 42.5 Å². The molecule has 0 bridgehead atoms. The summed E-state index contributed by atoms with van der Waals surface area (Å²) in [5.41, 5.74) is 5.19. The number of carbonyl (C=O) groups is 1. The van der Waals surface area contributed by atoms with E-state index in [2.05, 4.69) is 46.6 Å². The van der Waals surface area contributed by atoms with Crippen LogP contribution in [-0.4, -0.2) is 25.1 Å². The highest BCUT2D eigenvalue weighted by atomic mass is 16.5. The molecule has 30 heavy (non-hydrogen) atoms. The minimum atomic E-state index is -0.526. The van der Waals surface area contributed by atoms with Crippen LogP contribution < -0.4 is 15.0 Å². The van der Waals surface area contributed by atoms with E-state index < -0.39 is 6.10 Å². The van der Waals surface area contributed by atoms with Gasteiger partial charge in [-0.3, -0.25) is 4.79 Å². The maximum Gasteiger partial charge on any atom is 0.261 e. The number of benzene rings is 2. The second-order valence-electron chi connectivity index (χ2n) is 8.77. The highest BCUT2D eigenvalue weighted by Crippen LogP contribution is 2.26. The number of carbonyl (C=O) groups excluding carboxylic acids is 1. The minimum Gasteiger partial charge on any atom is -0.481 e. The van der Waals surface area contributed by atoms with Gasteiger partial charge in [0, 0.05) is 18.8 Å². The number of hydrogen-bond donors (Lipinski definition) is 1. The highest BCUT2D eigenvalue weighted by Gasteiger charge is 2.19. The lowest BCUT2D eigenvalue weighted by molar-refractivity contribution is -0.127. The molecule has 2 aromatic carbocycles. The molecular formula is C26H34N2O2. The van der Waals surface area contributed by atoms with Gasteiger partial charge in [0.25, 0.3) is 5.91 Å². The number of ether oxygens (including phenoxy) is 1. The third kappa shape index (κ3) is 4.97. The third-order valence-corrected chi connectivity index (χ3v) is 6.48. The number of piperidine rings is 1. The first-order valence-electron chi connectivity index (χ1n) is 11.5. The summed E-state index contributed by atoms with van der Waals surface area (Å²) >= 11 is 0. The van der Waals surface area contributed by atoms with Crippen molar-refractivity contribution in [3.8, 4) is 5.75 Å². The molecule has 4 rings (SSSR count). The zero-order valence-electron chi connectivity index (χ0n) is 18.3. The summed E-state index contributed by atoms with van der Waals surface area (Å²) in [7, 11) is 0. The van der Waals surface area contributed by atoms with Crippen LogP contribution in [0, 0.1) is 0 Å². The number of aryl methyl sites for hydroxylation is 2. The summed E-state index contributed by atoms with van der Waals surface area (Å²) in [6.45, 7) is 6.13. The molecule has 0 spiro atoms. The molecule has 0 unspecified atom stereocenters. The van der Waals surface area contributed by atoms with Gasteiger partial charge in [-0.15, -0.1) is 0 Å². The van der Waals surface area contributed by atoms with Crippen molar-refractivity contribution in [2.24, 2.45) is 0 Å². The van der Waals surface area contributed by atoms with E-state index in [0.29, 0.717) is 0 Å². The maximum atomic E-state index is 12.7. The molecule has 0 radical (unpaired) electrons. The molecule has 2 aliphatic rings. The number of fused-ring (bicyclic) bond motifs is 1. The zero-order valence-corrected chi connectivity index (χ0v) is 18.3. The van der Waals surface area contributed by atoms with E-state index in [1.54, 1.807) is 0 Å². The van der Waals surface area contributed by atoms with Crippen LogP contribution in [0.3, 0.4) is 0 Å². The van der Waals surface area contributed by atoms with Gasteiger partial charge in [0.1, 0.15) is 5.75 Å².